The van der Waals surface area contributed by atoms with Gasteiger partial charge in [0.15, 0.2) is 12.4 Å². The highest BCUT2D eigenvalue weighted by Gasteiger charge is 2.45. The second kappa shape index (κ2) is 9.32. The van der Waals surface area contributed by atoms with Crippen LogP contribution in [0.3, 0.4) is 0 Å². The van der Waals surface area contributed by atoms with Gasteiger partial charge >= 0.3 is 0 Å². The number of ether oxygens (including phenoxy) is 1. The average Bonchev–Trinajstić information content (AvgIpc) is 2.47. The maximum Gasteiger partial charge on any atom is 0.252 e. The average molecular weight is 305 g/mol. The van der Waals surface area contributed by atoms with Gasteiger partial charge < -0.3 is 30.5 Å². The lowest BCUT2D eigenvalue weighted by Crippen LogP contribution is -2.61. The molecule has 0 bridgehead atoms. The molecule has 0 aromatic rings. The van der Waals surface area contributed by atoms with Gasteiger partial charge in [-0.25, -0.2) is 0 Å². The van der Waals surface area contributed by atoms with Gasteiger partial charge in [-0.2, -0.15) is 0 Å². The zero-order chi connectivity index (χ0) is 15.8. The molecule has 0 aromatic carbocycles. The van der Waals surface area contributed by atoms with Crippen molar-refractivity contribution >= 4 is 5.91 Å². The summed E-state index contributed by atoms with van der Waals surface area (Å²) in [5.41, 5.74) is 0. The molecule has 1 fully saturated rings. The van der Waals surface area contributed by atoms with E-state index >= 15 is 0 Å². The molecule has 5 atom stereocenters. The Balaban J connectivity index is 2.25. The van der Waals surface area contributed by atoms with E-state index in [1.165, 1.54) is 19.3 Å². The molecule has 0 unspecified atom stereocenters. The standard InChI is InChI=1S/C14H27NO6/c1-2-3-4-5-6-7-8-15-13(19)12-10(17)9(16)11(18)14(20)21-12/h9-12,14,16-18,20H,2-8H2,1H3,(H,15,19)/t9-,10-,11+,12-,14+/m0/s1. The quantitative estimate of drug-likeness (QED) is 0.377. The molecule has 1 saturated heterocycles. The van der Waals surface area contributed by atoms with Crippen LogP contribution in [0.25, 0.3) is 0 Å². The number of carbonyl (C=O) groups excluding carboxylic acids is 1. The van der Waals surface area contributed by atoms with Gasteiger partial charge in [-0.1, -0.05) is 39.0 Å². The number of nitrogens with one attached hydrogen (secondary N) is 1. The molecule has 1 aliphatic rings. The van der Waals surface area contributed by atoms with Gasteiger partial charge in [-0.3, -0.25) is 4.79 Å². The second-order valence-corrected chi connectivity index (χ2v) is 5.48. The van der Waals surface area contributed by atoms with Crippen LogP contribution in [-0.4, -0.2) is 63.6 Å². The third kappa shape index (κ3) is 5.52. The van der Waals surface area contributed by atoms with Crippen molar-refractivity contribution in [1.82, 2.24) is 5.32 Å². The van der Waals surface area contributed by atoms with E-state index in [2.05, 4.69) is 12.2 Å². The van der Waals surface area contributed by atoms with Crippen molar-refractivity contribution in [3.63, 3.8) is 0 Å². The zero-order valence-electron chi connectivity index (χ0n) is 12.4. The molecular weight excluding hydrogens is 278 g/mol. The summed E-state index contributed by atoms with van der Waals surface area (Å²) in [6.07, 6.45) is -1.32. The van der Waals surface area contributed by atoms with E-state index in [0.29, 0.717) is 6.54 Å². The van der Waals surface area contributed by atoms with Crippen molar-refractivity contribution in [1.29, 1.82) is 0 Å². The largest absolute Gasteiger partial charge is 0.387 e. The van der Waals surface area contributed by atoms with Gasteiger partial charge in [-0.05, 0) is 6.42 Å². The van der Waals surface area contributed by atoms with Crippen molar-refractivity contribution in [3.8, 4) is 0 Å². The van der Waals surface area contributed by atoms with Gasteiger partial charge in [0.1, 0.15) is 18.3 Å². The Morgan fingerprint density at radius 1 is 0.952 bits per heavy atom. The van der Waals surface area contributed by atoms with Crippen LogP contribution in [-0.2, 0) is 9.53 Å². The summed E-state index contributed by atoms with van der Waals surface area (Å²) in [6.45, 7) is 2.60. The number of hydrogen-bond acceptors (Lipinski definition) is 6. The van der Waals surface area contributed by atoms with Gasteiger partial charge in [0.25, 0.3) is 5.91 Å². The summed E-state index contributed by atoms with van der Waals surface area (Å²) in [7, 11) is 0. The minimum atomic E-state index is -1.69. The third-order valence-electron chi connectivity index (χ3n) is 3.68. The monoisotopic (exact) mass is 305 g/mol. The van der Waals surface area contributed by atoms with Crippen LogP contribution in [0, 0.1) is 0 Å². The molecule has 21 heavy (non-hydrogen) atoms. The molecule has 0 radical (unpaired) electrons. The molecule has 0 saturated carbocycles. The first kappa shape index (κ1) is 18.3. The molecule has 1 heterocycles. The molecule has 7 heteroatoms. The number of carbonyl (C=O) groups is 1. The lowest BCUT2D eigenvalue weighted by atomic mass is 9.98. The first-order valence-corrected chi connectivity index (χ1v) is 7.64. The van der Waals surface area contributed by atoms with Gasteiger partial charge in [0, 0.05) is 6.54 Å². The summed E-state index contributed by atoms with van der Waals surface area (Å²) in [5.74, 6) is -0.596. The predicted molar refractivity (Wildman–Crippen MR) is 75.3 cm³/mol. The van der Waals surface area contributed by atoms with E-state index in [1.807, 2.05) is 0 Å². The molecule has 1 amide bonds. The van der Waals surface area contributed by atoms with Gasteiger partial charge in [0.2, 0.25) is 0 Å². The van der Waals surface area contributed by atoms with Crippen LogP contribution in [0.1, 0.15) is 45.4 Å². The summed E-state index contributed by atoms with van der Waals surface area (Å²) >= 11 is 0. The highest BCUT2D eigenvalue weighted by Crippen LogP contribution is 2.19. The van der Waals surface area contributed by atoms with Crippen LogP contribution >= 0.6 is 0 Å². The highest BCUT2D eigenvalue weighted by molar-refractivity contribution is 5.81. The molecule has 124 valence electrons. The molecular formula is C14H27NO6. The number of rotatable bonds is 8. The minimum Gasteiger partial charge on any atom is -0.387 e. The van der Waals surface area contributed by atoms with Crippen molar-refractivity contribution in [3.05, 3.63) is 0 Å². The first-order valence-electron chi connectivity index (χ1n) is 7.64. The zero-order valence-corrected chi connectivity index (χ0v) is 12.4. The van der Waals surface area contributed by atoms with Crippen LogP contribution < -0.4 is 5.32 Å². The summed E-state index contributed by atoms with van der Waals surface area (Å²) < 4.78 is 4.84. The van der Waals surface area contributed by atoms with E-state index in [0.717, 1.165) is 19.3 Å². The van der Waals surface area contributed by atoms with Crippen molar-refractivity contribution < 1.29 is 30.0 Å². The van der Waals surface area contributed by atoms with Crippen LogP contribution in [0.5, 0.6) is 0 Å². The maximum atomic E-state index is 11.8. The Bertz CT molecular complexity index is 314. The summed E-state index contributed by atoms with van der Waals surface area (Å²) in [6, 6.07) is 0. The molecule has 1 aliphatic heterocycles. The van der Waals surface area contributed by atoms with E-state index in [9.17, 15) is 25.2 Å². The Morgan fingerprint density at radius 2 is 1.57 bits per heavy atom. The molecule has 5 N–H and O–H groups in total. The Hall–Kier alpha value is -0.730. The van der Waals surface area contributed by atoms with E-state index in [1.54, 1.807) is 0 Å². The second-order valence-electron chi connectivity index (χ2n) is 5.48. The number of aliphatic hydroxyl groups is 4. The Labute approximate surface area is 124 Å². The fourth-order valence-corrected chi connectivity index (χ4v) is 2.30. The van der Waals surface area contributed by atoms with Gasteiger partial charge in [-0.15, -0.1) is 0 Å². The van der Waals surface area contributed by atoms with Gasteiger partial charge in [0.05, 0.1) is 0 Å². The molecule has 0 aromatic heterocycles. The molecule has 1 rings (SSSR count). The minimum absolute atomic E-state index is 0.451. The van der Waals surface area contributed by atoms with E-state index in [4.69, 9.17) is 4.74 Å². The van der Waals surface area contributed by atoms with Crippen molar-refractivity contribution in [2.24, 2.45) is 0 Å². The summed E-state index contributed by atoms with van der Waals surface area (Å²) in [5, 5.41) is 40.5. The summed E-state index contributed by atoms with van der Waals surface area (Å²) in [4.78, 5) is 11.8. The molecule has 7 nitrogen and oxygen atoms in total. The highest BCUT2D eigenvalue weighted by atomic mass is 16.6. The number of hydrogen-bond donors (Lipinski definition) is 5. The SMILES string of the molecule is CCCCCCCCNC(=O)[C@H]1O[C@@H](O)[C@H](O)[C@@H](O)[C@@H]1O. The normalized spacial score (nSPS) is 32.9. The lowest BCUT2D eigenvalue weighted by Gasteiger charge is -2.37. The van der Waals surface area contributed by atoms with Crippen LogP contribution in [0.2, 0.25) is 0 Å². The molecule has 0 spiro atoms. The number of unbranched alkanes of at least 4 members (excludes halogenated alkanes) is 5. The number of aliphatic hydroxyl groups excluding tert-OH is 4. The fourth-order valence-electron chi connectivity index (χ4n) is 2.30. The van der Waals surface area contributed by atoms with E-state index < -0.39 is 36.6 Å². The molecule has 0 aliphatic carbocycles. The van der Waals surface area contributed by atoms with E-state index in [-0.39, 0.29) is 0 Å². The fraction of sp³-hybridized carbons (Fsp3) is 0.929. The Morgan fingerprint density at radius 3 is 2.24 bits per heavy atom. The van der Waals surface area contributed by atoms with Crippen molar-refractivity contribution in [2.75, 3.05) is 6.54 Å². The predicted octanol–water partition coefficient (Wildman–Crippen LogP) is -0.737. The lowest BCUT2D eigenvalue weighted by molar-refractivity contribution is -0.275. The Kier molecular flexibility index (Phi) is 8.13. The van der Waals surface area contributed by atoms with Crippen LogP contribution in [0.15, 0.2) is 0 Å². The van der Waals surface area contributed by atoms with Crippen molar-refractivity contribution in [2.45, 2.75) is 76.2 Å². The third-order valence-corrected chi connectivity index (χ3v) is 3.68. The maximum absolute atomic E-state index is 11.8. The topological polar surface area (TPSA) is 119 Å². The van der Waals surface area contributed by atoms with Crippen LogP contribution in [0.4, 0.5) is 0 Å². The first-order chi connectivity index (χ1) is 9.99. The smallest absolute Gasteiger partial charge is 0.252 e. The number of amides is 1.